The van der Waals surface area contributed by atoms with Crippen molar-refractivity contribution >= 4 is 23.8 Å². The van der Waals surface area contributed by atoms with Crippen LogP contribution in [0.1, 0.15) is 25.7 Å². The number of carboxylic acid groups (broad SMARTS) is 3. The zero-order chi connectivity index (χ0) is 22.1. The molecule has 0 aliphatic carbocycles. The third-order valence-corrected chi connectivity index (χ3v) is 3.52. The summed E-state index contributed by atoms with van der Waals surface area (Å²) < 4.78 is 16.1. The first-order valence-corrected chi connectivity index (χ1v) is 9.05. The second kappa shape index (κ2) is 15.6. The summed E-state index contributed by atoms with van der Waals surface area (Å²) in [6, 6.07) is 0. The summed E-state index contributed by atoms with van der Waals surface area (Å²) in [5, 5.41) is 31.7. The van der Waals surface area contributed by atoms with Crippen LogP contribution in [0.4, 0.5) is 0 Å². The minimum absolute atomic E-state index is 0.117. The molecule has 0 saturated carbocycles. The third kappa shape index (κ3) is 15.3. The van der Waals surface area contributed by atoms with E-state index in [0.717, 1.165) is 0 Å². The lowest BCUT2D eigenvalue weighted by molar-refractivity contribution is -0.140. The van der Waals surface area contributed by atoms with Crippen molar-refractivity contribution in [3.05, 3.63) is 0 Å². The summed E-state index contributed by atoms with van der Waals surface area (Å²) in [5.74, 6) is -3.51. The number of aliphatic carboxylic acids is 3. The van der Waals surface area contributed by atoms with Gasteiger partial charge in [-0.15, -0.1) is 0 Å². The van der Waals surface area contributed by atoms with Gasteiger partial charge < -0.3 is 40.2 Å². The lowest BCUT2D eigenvalue weighted by atomic mass is 10.0. The molecule has 12 nitrogen and oxygen atoms in total. The molecule has 0 heterocycles. The zero-order valence-corrected chi connectivity index (χ0v) is 16.5. The first-order chi connectivity index (χ1) is 13.7. The van der Waals surface area contributed by atoms with Gasteiger partial charge in [0, 0.05) is 13.0 Å². The molecule has 0 aliphatic heterocycles. The van der Waals surface area contributed by atoms with Crippen LogP contribution in [0.3, 0.4) is 0 Å². The van der Waals surface area contributed by atoms with Gasteiger partial charge in [0.05, 0.1) is 58.9 Å². The van der Waals surface area contributed by atoms with Crippen LogP contribution < -0.4 is 10.6 Å². The monoisotopic (exact) mass is 422 g/mol. The Morgan fingerprint density at radius 1 is 0.724 bits per heavy atom. The number of nitrogens with one attached hydrogen (secondary N) is 2. The van der Waals surface area contributed by atoms with E-state index in [1.807, 2.05) is 0 Å². The maximum Gasteiger partial charge on any atom is 0.305 e. The lowest BCUT2D eigenvalue weighted by Gasteiger charge is -2.34. The summed E-state index contributed by atoms with van der Waals surface area (Å²) >= 11 is 0. The fourth-order valence-electron chi connectivity index (χ4n) is 2.11. The summed E-state index contributed by atoms with van der Waals surface area (Å²) in [4.78, 5) is 44.2. The van der Waals surface area contributed by atoms with E-state index < -0.39 is 23.4 Å². The molecule has 5 N–H and O–H groups in total. The number of hydrogen-bond acceptors (Lipinski definition) is 8. The van der Waals surface area contributed by atoms with Crippen LogP contribution in [0.15, 0.2) is 0 Å². The van der Waals surface area contributed by atoms with Crippen molar-refractivity contribution in [3.8, 4) is 0 Å². The Labute approximate surface area is 168 Å². The fraction of sp³-hybridized carbons (Fsp3) is 0.765. The van der Waals surface area contributed by atoms with Gasteiger partial charge in [-0.3, -0.25) is 19.2 Å². The number of carboxylic acids is 3. The number of carbonyl (C=O) groups excluding carboxylic acids is 1. The van der Waals surface area contributed by atoms with E-state index in [4.69, 9.17) is 29.5 Å². The van der Waals surface area contributed by atoms with Gasteiger partial charge in [-0.05, 0) is 7.05 Å². The molecule has 0 radical (unpaired) electrons. The van der Waals surface area contributed by atoms with Crippen molar-refractivity contribution in [3.63, 3.8) is 0 Å². The molecular weight excluding hydrogens is 392 g/mol. The van der Waals surface area contributed by atoms with Crippen molar-refractivity contribution in [1.29, 1.82) is 0 Å². The molecule has 0 saturated heterocycles. The molecule has 0 atom stereocenters. The lowest BCUT2D eigenvalue weighted by Crippen LogP contribution is -2.59. The minimum atomic E-state index is -1.24. The molecule has 0 aromatic heterocycles. The molecule has 0 aliphatic rings. The maximum atomic E-state index is 12.2. The predicted molar refractivity (Wildman–Crippen MR) is 98.6 cm³/mol. The number of amides is 1. The molecular formula is C17H30N2O10. The van der Waals surface area contributed by atoms with Crippen LogP contribution >= 0.6 is 0 Å². The Balaban J connectivity index is 5.09. The van der Waals surface area contributed by atoms with Crippen LogP contribution in [0.25, 0.3) is 0 Å². The zero-order valence-electron chi connectivity index (χ0n) is 16.5. The van der Waals surface area contributed by atoms with E-state index in [-0.39, 0.29) is 71.2 Å². The number of ether oxygens (including phenoxy) is 3. The molecule has 29 heavy (non-hydrogen) atoms. The Morgan fingerprint density at radius 3 is 1.41 bits per heavy atom. The van der Waals surface area contributed by atoms with Crippen LogP contribution in [-0.2, 0) is 33.4 Å². The fourth-order valence-corrected chi connectivity index (χ4v) is 2.11. The second-order valence-corrected chi connectivity index (χ2v) is 6.27. The van der Waals surface area contributed by atoms with Crippen LogP contribution in [0.5, 0.6) is 0 Å². The SMILES string of the molecule is CNCCC(=O)NC(COCCC(=O)O)(COCCC(=O)O)COCCC(=O)O. The highest BCUT2D eigenvalue weighted by Gasteiger charge is 2.33. The van der Waals surface area contributed by atoms with Crippen LogP contribution in [-0.4, -0.2) is 97.9 Å². The van der Waals surface area contributed by atoms with Crippen molar-refractivity contribution in [2.45, 2.75) is 31.2 Å². The van der Waals surface area contributed by atoms with Crippen molar-refractivity contribution in [2.24, 2.45) is 0 Å². The Morgan fingerprint density at radius 2 is 1.10 bits per heavy atom. The van der Waals surface area contributed by atoms with Crippen molar-refractivity contribution in [2.75, 3.05) is 53.2 Å². The van der Waals surface area contributed by atoms with Gasteiger partial charge in [0.25, 0.3) is 0 Å². The highest BCUT2D eigenvalue weighted by Crippen LogP contribution is 2.11. The van der Waals surface area contributed by atoms with E-state index in [9.17, 15) is 19.2 Å². The quantitative estimate of drug-likeness (QED) is 0.160. The number of carbonyl (C=O) groups is 4. The van der Waals surface area contributed by atoms with Gasteiger partial charge in [-0.2, -0.15) is 0 Å². The minimum Gasteiger partial charge on any atom is -0.481 e. The summed E-state index contributed by atoms with van der Waals surface area (Å²) in [5.41, 5.74) is -1.24. The van der Waals surface area contributed by atoms with Crippen LogP contribution in [0, 0.1) is 0 Å². The van der Waals surface area contributed by atoms with Gasteiger partial charge in [0.2, 0.25) is 5.91 Å². The Kier molecular flexibility index (Phi) is 14.4. The van der Waals surface area contributed by atoms with E-state index in [2.05, 4.69) is 10.6 Å². The van der Waals surface area contributed by atoms with E-state index in [0.29, 0.717) is 6.54 Å². The van der Waals surface area contributed by atoms with Gasteiger partial charge in [-0.25, -0.2) is 0 Å². The number of rotatable bonds is 19. The number of hydrogen-bond donors (Lipinski definition) is 5. The van der Waals surface area contributed by atoms with Gasteiger partial charge >= 0.3 is 17.9 Å². The molecule has 0 unspecified atom stereocenters. The molecule has 0 rings (SSSR count). The molecule has 0 aromatic carbocycles. The average Bonchev–Trinajstić information content (AvgIpc) is 2.64. The highest BCUT2D eigenvalue weighted by atomic mass is 16.5. The van der Waals surface area contributed by atoms with Crippen molar-refractivity contribution < 1.29 is 48.7 Å². The highest BCUT2D eigenvalue weighted by molar-refractivity contribution is 5.77. The third-order valence-electron chi connectivity index (χ3n) is 3.52. The normalized spacial score (nSPS) is 11.2. The first-order valence-electron chi connectivity index (χ1n) is 9.05. The summed E-state index contributed by atoms with van der Waals surface area (Å²) in [6.07, 6.45) is -0.603. The van der Waals surface area contributed by atoms with Crippen molar-refractivity contribution in [1.82, 2.24) is 10.6 Å². The van der Waals surface area contributed by atoms with E-state index >= 15 is 0 Å². The molecule has 168 valence electrons. The molecule has 0 bridgehead atoms. The largest absolute Gasteiger partial charge is 0.481 e. The Hall–Kier alpha value is -2.28. The van der Waals surface area contributed by atoms with Gasteiger partial charge in [-0.1, -0.05) is 0 Å². The van der Waals surface area contributed by atoms with E-state index in [1.165, 1.54) is 0 Å². The Bertz CT molecular complexity index is 471. The molecule has 1 amide bonds. The average molecular weight is 422 g/mol. The predicted octanol–water partition coefficient (Wildman–Crippen LogP) is -1.08. The standard InChI is InChI=1S/C17H30N2O10/c1-18-6-2-13(20)19-17(10-27-7-3-14(21)22,11-28-8-4-15(23)24)12-29-9-5-16(25)26/h18H,2-12H2,1H3,(H,19,20)(H,21,22)(H,23,24)(H,25,26). The smallest absolute Gasteiger partial charge is 0.305 e. The molecule has 0 aromatic rings. The van der Waals surface area contributed by atoms with Gasteiger partial charge in [0.1, 0.15) is 5.54 Å². The first kappa shape index (κ1) is 26.7. The molecule has 12 heteroatoms. The van der Waals surface area contributed by atoms with Crippen LogP contribution in [0.2, 0.25) is 0 Å². The molecule has 0 fully saturated rings. The second-order valence-electron chi connectivity index (χ2n) is 6.27. The van der Waals surface area contributed by atoms with E-state index in [1.54, 1.807) is 7.05 Å². The topological polar surface area (TPSA) is 181 Å². The van der Waals surface area contributed by atoms with Gasteiger partial charge in [0.15, 0.2) is 0 Å². The summed E-state index contributed by atoms with van der Waals surface area (Å²) in [6.45, 7) is -0.431. The maximum absolute atomic E-state index is 12.2. The summed E-state index contributed by atoms with van der Waals surface area (Å²) in [7, 11) is 1.68. The molecule has 0 spiro atoms.